The minimum absolute atomic E-state index is 0.128. The summed E-state index contributed by atoms with van der Waals surface area (Å²) in [5.74, 6) is 1.63. The molecule has 4 aromatic rings. The number of methoxy groups -OCH3 is 1. The number of rotatable bonds is 11. The second kappa shape index (κ2) is 13.1. The fraction of sp³-hybridized carbons (Fsp3) is 0.185. The van der Waals surface area contributed by atoms with Gasteiger partial charge in [-0.3, -0.25) is 14.2 Å². The molecule has 0 aliphatic carbocycles. The normalized spacial score (nSPS) is 10.6. The number of hydrogen-bond acceptors (Lipinski definition) is 7. The van der Waals surface area contributed by atoms with Crippen molar-refractivity contribution >= 4 is 45.2 Å². The first kappa shape index (κ1) is 27.2. The van der Waals surface area contributed by atoms with E-state index in [1.165, 1.54) is 11.8 Å². The van der Waals surface area contributed by atoms with Crippen LogP contribution in [-0.2, 0) is 11.3 Å². The Morgan fingerprint density at radius 3 is 2.29 bits per heavy atom. The summed E-state index contributed by atoms with van der Waals surface area (Å²) in [5.41, 5.74) is 1.98. The number of anilines is 1. The molecule has 0 unspecified atom stereocenters. The number of nitrogens with zero attached hydrogens (tertiary/aromatic N) is 3. The molecule has 4 rings (SSSR count). The van der Waals surface area contributed by atoms with Gasteiger partial charge < -0.3 is 20.1 Å². The van der Waals surface area contributed by atoms with Gasteiger partial charge in [0.25, 0.3) is 5.91 Å². The zero-order valence-electron chi connectivity index (χ0n) is 20.8. The fourth-order valence-corrected chi connectivity index (χ4v) is 4.53. The van der Waals surface area contributed by atoms with Crippen LogP contribution < -0.4 is 20.1 Å². The summed E-state index contributed by atoms with van der Waals surface area (Å²) in [6.45, 7) is 2.62. The van der Waals surface area contributed by atoms with Crippen LogP contribution >= 0.6 is 27.7 Å². The molecular formula is C27H26BrN5O4S. The number of hydrogen-bond donors (Lipinski definition) is 2. The van der Waals surface area contributed by atoms with E-state index >= 15 is 0 Å². The molecule has 2 amide bonds. The van der Waals surface area contributed by atoms with E-state index in [1.54, 1.807) is 31.4 Å². The number of benzene rings is 3. The highest BCUT2D eigenvalue weighted by Crippen LogP contribution is 2.24. The molecule has 11 heteroatoms. The van der Waals surface area contributed by atoms with Crippen molar-refractivity contribution in [2.45, 2.75) is 18.6 Å². The van der Waals surface area contributed by atoms with Gasteiger partial charge in [0.1, 0.15) is 11.5 Å². The Labute approximate surface area is 233 Å². The molecule has 1 aromatic heterocycles. The molecule has 0 saturated heterocycles. The summed E-state index contributed by atoms with van der Waals surface area (Å²) in [4.78, 5) is 25.3. The van der Waals surface area contributed by atoms with Crippen LogP contribution in [0.25, 0.3) is 5.69 Å². The van der Waals surface area contributed by atoms with Gasteiger partial charge in [0.05, 0.1) is 26.0 Å². The summed E-state index contributed by atoms with van der Waals surface area (Å²) in [7, 11) is 1.57. The Morgan fingerprint density at radius 2 is 1.63 bits per heavy atom. The third-order valence-electron chi connectivity index (χ3n) is 5.33. The predicted octanol–water partition coefficient (Wildman–Crippen LogP) is 5.10. The van der Waals surface area contributed by atoms with Crippen molar-refractivity contribution in [3.05, 3.63) is 88.7 Å². The van der Waals surface area contributed by atoms with Gasteiger partial charge in [-0.15, -0.1) is 10.2 Å². The first-order valence-corrected chi connectivity index (χ1v) is 13.5. The highest BCUT2D eigenvalue weighted by molar-refractivity contribution is 9.10. The monoisotopic (exact) mass is 595 g/mol. The number of carbonyl (C=O) groups excluding carboxylic acids is 2. The van der Waals surface area contributed by atoms with E-state index in [9.17, 15) is 9.59 Å². The summed E-state index contributed by atoms with van der Waals surface area (Å²) < 4.78 is 13.5. The molecule has 9 nitrogen and oxygen atoms in total. The van der Waals surface area contributed by atoms with Crippen LogP contribution in [0.1, 0.15) is 23.1 Å². The Hall–Kier alpha value is -3.83. The largest absolute Gasteiger partial charge is 0.497 e. The van der Waals surface area contributed by atoms with E-state index in [2.05, 4.69) is 36.8 Å². The lowest BCUT2D eigenvalue weighted by atomic mass is 10.2. The SMILES string of the molecule is CCOc1ccc(-n2c(CNC(=O)c3ccc(OC)cc3)nnc2SCC(=O)Nc2ccc(Br)cc2)cc1. The van der Waals surface area contributed by atoms with Crippen LogP contribution in [0.15, 0.2) is 82.4 Å². The molecule has 38 heavy (non-hydrogen) atoms. The van der Waals surface area contributed by atoms with Crippen molar-refractivity contribution in [3.8, 4) is 17.2 Å². The Balaban J connectivity index is 1.50. The maximum atomic E-state index is 12.7. The van der Waals surface area contributed by atoms with Crippen molar-refractivity contribution in [1.29, 1.82) is 0 Å². The van der Waals surface area contributed by atoms with Crippen molar-refractivity contribution in [2.24, 2.45) is 0 Å². The zero-order valence-corrected chi connectivity index (χ0v) is 23.2. The van der Waals surface area contributed by atoms with Crippen molar-refractivity contribution in [2.75, 3.05) is 24.8 Å². The average Bonchev–Trinajstić information content (AvgIpc) is 3.35. The topological polar surface area (TPSA) is 107 Å². The van der Waals surface area contributed by atoms with Gasteiger partial charge in [-0.25, -0.2) is 0 Å². The molecule has 0 saturated carbocycles. The lowest BCUT2D eigenvalue weighted by Gasteiger charge is -2.12. The van der Waals surface area contributed by atoms with Gasteiger partial charge in [0.2, 0.25) is 5.91 Å². The van der Waals surface area contributed by atoms with Crippen molar-refractivity contribution in [1.82, 2.24) is 20.1 Å². The smallest absolute Gasteiger partial charge is 0.251 e. The first-order chi connectivity index (χ1) is 18.5. The molecule has 0 spiro atoms. The second-order valence-electron chi connectivity index (χ2n) is 7.92. The number of ether oxygens (including phenoxy) is 2. The average molecular weight is 597 g/mol. The lowest BCUT2D eigenvalue weighted by Crippen LogP contribution is -2.24. The molecule has 3 aromatic carbocycles. The number of carbonyl (C=O) groups is 2. The first-order valence-electron chi connectivity index (χ1n) is 11.7. The predicted molar refractivity (Wildman–Crippen MR) is 150 cm³/mol. The molecule has 2 N–H and O–H groups in total. The third kappa shape index (κ3) is 7.14. The molecule has 0 bridgehead atoms. The van der Waals surface area contributed by atoms with E-state index < -0.39 is 0 Å². The van der Waals surface area contributed by atoms with E-state index in [0.717, 1.165) is 15.9 Å². The highest BCUT2D eigenvalue weighted by Gasteiger charge is 2.17. The molecule has 0 atom stereocenters. The van der Waals surface area contributed by atoms with Crippen molar-refractivity contribution < 1.29 is 19.1 Å². The van der Waals surface area contributed by atoms with Crippen LogP contribution in [-0.4, -0.2) is 46.0 Å². The second-order valence-corrected chi connectivity index (χ2v) is 9.77. The standard InChI is InChI=1S/C27H26BrN5O4S/c1-3-37-23-14-10-21(11-15-23)33-24(16-29-26(35)18-4-12-22(36-2)13-5-18)31-32-27(33)38-17-25(34)30-20-8-6-19(28)7-9-20/h4-15H,3,16-17H2,1-2H3,(H,29,35)(H,30,34). The van der Waals surface area contributed by atoms with E-state index in [1.807, 2.05) is 60.0 Å². The van der Waals surface area contributed by atoms with Gasteiger partial charge in [-0.05, 0) is 79.7 Å². The minimum Gasteiger partial charge on any atom is -0.497 e. The number of halogens is 1. The highest BCUT2D eigenvalue weighted by atomic mass is 79.9. The van der Waals surface area contributed by atoms with E-state index in [0.29, 0.717) is 34.6 Å². The molecule has 196 valence electrons. The van der Waals surface area contributed by atoms with Gasteiger partial charge in [-0.1, -0.05) is 27.7 Å². The van der Waals surface area contributed by atoms with Gasteiger partial charge >= 0.3 is 0 Å². The van der Waals surface area contributed by atoms with Crippen LogP contribution in [0.5, 0.6) is 11.5 Å². The van der Waals surface area contributed by atoms with Crippen molar-refractivity contribution in [3.63, 3.8) is 0 Å². The number of aromatic nitrogens is 3. The molecule has 0 aliphatic rings. The Bertz CT molecular complexity index is 1380. The molecule has 0 aliphatic heterocycles. The van der Waals surface area contributed by atoms with Gasteiger partial charge in [0.15, 0.2) is 11.0 Å². The molecule has 0 radical (unpaired) electrons. The minimum atomic E-state index is -0.253. The molecule has 1 heterocycles. The fourth-order valence-electron chi connectivity index (χ4n) is 3.49. The number of nitrogens with one attached hydrogen (secondary N) is 2. The summed E-state index contributed by atoms with van der Waals surface area (Å²) in [6, 6.07) is 21.7. The molecular weight excluding hydrogens is 570 g/mol. The summed E-state index contributed by atoms with van der Waals surface area (Å²) >= 11 is 4.64. The summed E-state index contributed by atoms with van der Waals surface area (Å²) in [5, 5.41) is 14.9. The van der Waals surface area contributed by atoms with Crippen LogP contribution in [0, 0.1) is 0 Å². The maximum absolute atomic E-state index is 12.7. The van der Waals surface area contributed by atoms with Crippen LogP contribution in [0.4, 0.5) is 5.69 Å². The number of thioether (sulfide) groups is 1. The quantitative estimate of drug-likeness (QED) is 0.232. The van der Waals surface area contributed by atoms with Gasteiger partial charge in [0, 0.05) is 21.4 Å². The Morgan fingerprint density at radius 1 is 0.947 bits per heavy atom. The van der Waals surface area contributed by atoms with Crippen LogP contribution in [0.3, 0.4) is 0 Å². The lowest BCUT2D eigenvalue weighted by molar-refractivity contribution is -0.113. The number of amides is 2. The van der Waals surface area contributed by atoms with E-state index in [-0.39, 0.29) is 24.1 Å². The Kier molecular flexibility index (Phi) is 9.39. The summed E-state index contributed by atoms with van der Waals surface area (Å²) in [6.07, 6.45) is 0. The van der Waals surface area contributed by atoms with Crippen LogP contribution in [0.2, 0.25) is 0 Å². The zero-order chi connectivity index (χ0) is 26.9. The molecule has 0 fully saturated rings. The van der Waals surface area contributed by atoms with E-state index in [4.69, 9.17) is 9.47 Å². The maximum Gasteiger partial charge on any atom is 0.251 e. The third-order valence-corrected chi connectivity index (χ3v) is 6.78. The van der Waals surface area contributed by atoms with Gasteiger partial charge in [-0.2, -0.15) is 0 Å².